The number of unbranched alkanes of at least 4 members (excludes halogenated alkanes) is 18. The molecule has 0 radical (unpaired) electrons. The minimum Gasteiger partial charge on any atom is -0.356 e. The lowest BCUT2D eigenvalue weighted by atomic mass is 10.0. The molecule has 0 rings (SSSR count). The van der Waals surface area contributed by atoms with E-state index in [1.807, 2.05) is 0 Å². The first kappa shape index (κ1) is 29.5. The topological polar surface area (TPSA) is 29.1 Å². The van der Waals surface area contributed by atoms with Crippen molar-refractivity contribution in [2.75, 3.05) is 6.54 Å². The van der Waals surface area contributed by atoms with E-state index >= 15 is 0 Å². The van der Waals surface area contributed by atoms with E-state index in [2.05, 4.69) is 26.1 Å². The normalized spacial score (nSPS) is 11.3. The van der Waals surface area contributed by atoms with Crippen LogP contribution in [0.4, 0.5) is 0 Å². The van der Waals surface area contributed by atoms with Gasteiger partial charge in [-0.1, -0.05) is 143 Å². The summed E-state index contributed by atoms with van der Waals surface area (Å²) in [5.74, 6) is 1.14. The number of hydrogen-bond donors (Lipinski definition) is 1. The van der Waals surface area contributed by atoms with E-state index in [0.717, 1.165) is 31.7 Å². The summed E-state index contributed by atoms with van der Waals surface area (Å²) in [5.41, 5.74) is 0. The molecule has 1 amide bonds. The second-order valence-corrected chi connectivity index (χ2v) is 10.00. The number of hydrogen-bond acceptors (Lipinski definition) is 1. The van der Waals surface area contributed by atoms with Crippen molar-refractivity contribution in [1.29, 1.82) is 0 Å². The molecule has 0 saturated heterocycles. The Bertz CT molecular complexity index is 340. The average Bonchev–Trinajstić information content (AvgIpc) is 2.72. The maximum atomic E-state index is 11.9. The summed E-state index contributed by atoms with van der Waals surface area (Å²) >= 11 is 0. The Labute approximate surface area is 190 Å². The van der Waals surface area contributed by atoms with Crippen molar-refractivity contribution < 1.29 is 4.79 Å². The molecule has 0 atom stereocenters. The van der Waals surface area contributed by atoms with Gasteiger partial charge < -0.3 is 5.32 Å². The van der Waals surface area contributed by atoms with Crippen molar-refractivity contribution >= 4 is 5.91 Å². The molecule has 0 saturated carbocycles. The zero-order chi connectivity index (χ0) is 22.1. The van der Waals surface area contributed by atoms with E-state index in [-0.39, 0.29) is 5.91 Å². The molecule has 1 N–H and O–H groups in total. The van der Waals surface area contributed by atoms with Crippen molar-refractivity contribution in [1.82, 2.24) is 5.32 Å². The molecular weight excluding hydrogens is 366 g/mol. The van der Waals surface area contributed by atoms with Crippen molar-refractivity contribution in [3.8, 4) is 0 Å². The second-order valence-electron chi connectivity index (χ2n) is 10.00. The monoisotopic (exact) mass is 423 g/mol. The summed E-state index contributed by atoms with van der Waals surface area (Å²) < 4.78 is 0. The van der Waals surface area contributed by atoms with E-state index in [9.17, 15) is 4.79 Å². The van der Waals surface area contributed by atoms with Gasteiger partial charge in [0.1, 0.15) is 0 Å². The van der Waals surface area contributed by atoms with Crippen LogP contribution in [0, 0.1) is 5.92 Å². The molecule has 0 aromatic heterocycles. The van der Waals surface area contributed by atoms with E-state index in [1.54, 1.807) is 0 Å². The summed E-state index contributed by atoms with van der Waals surface area (Å²) in [5, 5.41) is 3.10. The summed E-state index contributed by atoms with van der Waals surface area (Å²) in [6.07, 6.45) is 29.1. The highest BCUT2D eigenvalue weighted by molar-refractivity contribution is 5.75. The van der Waals surface area contributed by atoms with E-state index in [4.69, 9.17) is 0 Å². The number of rotatable bonds is 24. The first-order valence-electron chi connectivity index (χ1n) is 13.9. The van der Waals surface area contributed by atoms with Crippen LogP contribution in [0.2, 0.25) is 0 Å². The van der Waals surface area contributed by atoms with Gasteiger partial charge in [-0.25, -0.2) is 0 Å². The zero-order valence-electron chi connectivity index (χ0n) is 21.2. The Morgan fingerprint density at radius 3 is 1.43 bits per heavy atom. The molecule has 0 aliphatic heterocycles. The molecule has 0 bridgehead atoms. The number of carbonyl (C=O) groups is 1. The fourth-order valence-electron chi connectivity index (χ4n) is 4.18. The molecule has 0 aliphatic rings. The first-order chi connectivity index (χ1) is 14.7. The maximum absolute atomic E-state index is 11.9. The first-order valence-corrected chi connectivity index (χ1v) is 13.9. The Kier molecular flexibility index (Phi) is 24.3. The highest BCUT2D eigenvalue weighted by atomic mass is 16.1. The van der Waals surface area contributed by atoms with Crippen molar-refractivity contribution in [2.24, 2.45) is 5.92 Å². The lowest BCUT2D eigenvalue weighted by molar-refractivity contribution is -0.121. The van der Waals surface area contributed by atoms with Crippen LogP contribution in [0.1, 0.15) is 162 Å². The standard InChI is InChI=1S/C28H57NO/c1-4-5-6-7-8-17-20-23-26-29-28(30)25-22-19-16-14-12-10-9-11-13-15-18-21-24-27(2)3/h27H,4-26H2,1-3H3,(H,29,30). The molecular formula is C28H57NO. The van der Waals surface area contributed by atoms with E-state index < -0.39 is 0 Å². The summed E-state index contributed by atoms with van der Waals surface area (Å²) in [7, 11) is 0. The molecule has 0 spiro atoms. The van der Waals surface area contributed by atoms with Crippen LogP contribution in [0.3, 0.4) is 0 Å². The lowest BCUT2D eigenvalue weighted by Crippen LogP contribution is -2.23. The van der Waals surface area contributed by atoms with Crippen LogP contribution < -0.4 is 5.32 Å². The summed E-state index contributed by atoms with van der Waals surface area (Å²) in [6, 6.07) is 0. The van der Waals surface area contributed by atoms with E-state index in [1.165, 1.54) is 122 Å². The Morgan fingerprint density at radius 1 is 0.567 bits per heavy atom. The highest BCUT2D eigenvalue weighted by Gasteiger charge is 2.01. The molecule has 0 unspecified atom stereocenters. The molecule has 0 aromatic carbocycles. The van der Waals surface area contributed by atoms with Crippen molar-refractivity contribution in [3.63, 3.8) is 0 Å². The lowest BCUT2D eigenvalue weighted by Gasteiger charge is -2.06. The zero-order valence-corrected chi connectivity index (χ0v) is 21.2. The van der Waals surface area contributed by atoms with Crippen LogP contribution in [0.25, 0.3) is 0 Å². The largest absolute Gasteiger partial charge is 0.356 e. The molecule has 0 aliphatic carbocycles. The summed E-state index contributed by atoms with van der Waals surface area (Å²) in [6.45, 7) is 7.80. The minimum absolute atomic E-state index is 0.270. The van der Waals surface area contributed by atoms with Gasteiger partial charge in [0.05, 0.1) is 0 Å². The van der Waals surface area contributed by atoms with Crippen LogP contribution in [0.15, 0.2) is 0 Å². The number of amides is 1. The SMILES string of the molecule is CCCCCCCCCCNC(=O)CCCCCCCCCCCCCCC(C)C. The van der Waals surface area contributed by atoms with Crippen LogP contribution in [-0.4, -0.2) is 12.5 Å². The fraction of sp³-hybridized carbons (Fsp3) is 0.964. The van der Waals surface area contributed by atoms with Crippen LogP contribution in [0.5, 0.6) is 0 Å². The Hall–Kier alpha value is -0.530. The van der Waals surface area contributed by atoms with Gasteiger partial charge >= 0.3 is 0 Å². The third-order valence-corrected chi connectivity index (χ3v) is 6.29. The van der Waals surface area contributed by atoms with Crippen molar-refractivity contribution in [3.05, 3.63) is 0 Å². The Balaban J connectivity index is 3.14. The van der Waals surface area contributed by atoms with Gasteiger partial charge in [0, 0.05) is 13.0 Å². The minimum atomic E-state index is 0.270. The van der Waals surface area contributed by atoms with Gasteiger partial charge in [-0.15, -0.1) is 0 Å². The Morgan fingerprint density at radius 2 is 0.967 bits per heavy atom. The van der Waals surface area contributed by atoms with Gasteiger partial charge in [0.2, 0.25) is 5.91 Å². The predicted molar refractivity (Wildman–Crippen MR) is 135 cm³/mol. The molecule has 0 aromatic rings. The van der Waals surface area contributed by atoms with Gasteiger partial charge in [0.25, 0.3) is 0 Å². The molecule has 2 nitrogen and oxygen atoms in total. The predicted octanol–water partition coefficient (Wildman–Crippen LogP) is 9.36. The van der Waals surface area contributed by atoms with Gasteiger partial charge in [-0.3, -0.25) is 4.79 Å². The van der Waals surface area contributed by atoms with Crippen LogP contribution >= 0.6 is 0 Å². The van der Waals surface area contributed by atoms with Gasteiger partial charge in [-0.05, 0) is 18.8 Å². The smallest absolute Gasteiger partial charge is 0.219 e. The van der Waals surface area contributed by atoms with Gasteiger partial charge in [-0.2, -0.15) is 0 Å². The third kappa shape index (κ3) is 25.5. The van der Waals surface area contributed by atoms with Crippen molar-refractivity contribution in [2.45, 2.75) is 162 Å². The van der Waals surface area contributed by atoms with E-state index in [0.29, 0.717) is 0 Å². The average molecular weight is 424 g/mol. The molecule has 0 fully saturated rings. The molecule has 0 heterocycles. The molecule has 2 heteroatoms. The quantitative estimate of drug-likeness (QED) is 0.154. The maximum Gasteiger partial charge on any atom is 0.219 e. The third-order valence-electron chi connectivity index (χ3n) is 6.29. The number of nitrogens with one attached hydrogen (secondary N) is 1. The van der Waals surface area contributed by atoms with Crippen LogP contribution in [-0.2, 0) is 4.79 Å². The second kappa shape index (κ2) is 24.7. The fourth-order valence-corrected chi connectivity index (χ4v) is 4.18. The van der Waals surface area contributed by atoms with Gasteiger partial charge in [0.15, 0.2) is 0 Å². The molecule has 30 heavy (non-hydrogen) atoms. The molecule has 180 valence electrons. The highest BCUT2D eigenvalue weighted by Crippen LogP contribution is 2.14. The number of carbonyl (C=O) groups excluding carboxylic acids is 1. The summed E-state index contributed by atoms with van der Waals surface area (Å²) in [4.78, 5) is 11.9.